The van der Waals surface area contributed by atoms with Gasteiger partial charge < -0.3 is 10.0 Å². The van der Waals surface area contributed by atoms with Crippen molar-refractivity contribution in [2.24, 2.45) is 5.92 Å². The van der Waals surface area contributed by atoms with Crippen LogP contribution >= 0.6 is 0 Å². The molecule has 96 valence electrons. The summed E-state index contributed by atoms with van der Waals surface area (Å²) in [6, 6.07) is 7.75. The van der Waals surface area contributed by atoms with Crippen LogP contribution in [-0.4, -0.2) is 23.5 Å². The first kappa shape index (κ1) is 12.6. The molecule has 1 aliphatic rings. The van der Waals surface area contributed by atoms with Crippen LogP contribution in [0.25, 0.3) is 0 Å². The standard InChI is InChI=1S/C14H17NO3/c1-9(2)10-3-5-12(6-4-10)15-8-11(14(17)18)7-13(15)16/h3-6,9,11H,7-8H2,1-2H3,(H,17,18)/t11-/m0/s1. The highest BCUT2D eigenvalue weighted by atomic mass is 16.4. The molecule has 0 aromatic heterocycles. The summed E-state index contributed by atoms with van der Waals surface area (Å²) in [6.07, 6.45) is 0.0985. The molecule has 0 spiro atoms. The highest BCUT2D eigenvalue weighted by Gasteiger charge is 2.34. The van der Waals surface area contributed by atoms with Crippen molar-refractivity contribution in [3.63, 3.8) is 0 Å². The molecule has 2 rings (SSSR count). The van der Waals surface area contributed by atoms with Crippen molar-refractivity contribution in [2.75, 3.05) is 11.4 Å². The van der Waals surface area contributed by atoms with E-state index in [1.165, 1.54) is 5.56 Å². The lowest BCUT2D eigenvalue weighted by molar-refractivity contribution is -0.141. The zero-order chi connectivity index (χ0) is 13.3. The molecule has 1 aromatic carbocycles. The average molecular weight is 247 g/mol. The van der Waals surface area contributed by atoms with Crippen molar-refractivity contribution in [3.8, 4) is 0 Å². The first-order valence-electron chi connectivity index (χ1n) is 6.12. The molecule has 1 fully saturated rings. The highest BCUT2D eigenvalue weighted by Crippen LogP contribution is 2.26. The van der Waals surface area contributed by atoms with Crippen molar-refractivity contribution in [3.05, 3.63) is 29.8 Å². The molecule has 0 radical (unpaired) electrons. The second kappa shape index (κ2) is 4.80. The number of anilines is 1. The van der Waals surface area contributed by atoms with E-state index < -0.39 is 11.9 Å². The number of carbonyl (C=O) groups excluding carboxylic acids is 1. The lowest BCUT2D eigenvalue weighted by Gasteiger charge is -2.17. The molecule has 1 heterocycles. The lowest BCUT2D eigenvalue weighted by Crippen LogP contribution is -2.25. The minimum atomic E-state index is -0.898. The molecule has 0 bridgehead atoms. The zero-order valence-electron chi connectivity index (χ0n) is 10.6. The number of rotatable bonds is 3. The van der Waals surface area contributed by atoms with Gasteiger partial charge in [0.2, 0.25) is 5.91 Å². The van der Waals surface area contributed by atoms with Gasteiger partial charge in [-0.05, 0) is 23.6 Å². The predicted octanol–water partition coefficient (Wildman–Crippen LogP) is 2.25. The normalized spacial score (nSPS) is 19.6. The fourth-order valence-electron chi connectivity index (χ4n) is 2.16. The molecule has 1 saturated heterocycles. The SMILES string of the molecule is CC(C)c1ccc(N2C[C@@H](C(=O)O)CC2=O)cc1. The number of carbonyl (C=O) groups is 2. The zero-order valence-corrected chi connectivity index (χ0v) is 10.6. The van der Waals surface area contributed by atoms with Gasteiger partial charge in [-0.25, -0.2) is 0 Å². The molecule has 0 saturated carbocycles. The maximum absolute atomic E-state index is 11.8. The average Bonchev–Trinajstić information content (AvgIpc) is 2.71. The molecular weight excluding hydrogens is 230 g/mol. The number of amides is 1. The number of nitrogens with zero attached hydrogens (tertiary/aromatic N) is 1. The van der Waals surface area contributed by atoms with Crippen LogP contribution in [-0.2, 0) is 9.59 Å². The van der Waals surface area contributed by atoms with Gasteiger partial charge in [-0.3, -0.25) is 9.59 Å². The summed E-state index contributed by atoms with van der Waals surface area (Å²) in [7, 11) is 0. The molecule has 1 N–H and O–H groups in total. The summed E-state index contributed by atoms with van der Waals surface area (Å²) in [4.78, 5) is 24.2. The van der Waals surface area contributed by atoms with E-state index in [2.05, 4.69) is 13.8 Å². The number of carboxylic acids is 1. The predicted molar refractivity (Wildman–Crippen MR) is 68.6 cm³/mol. The Morgan fingerprint density at radius 3 is 2.39 bits per heavy atom. The first-order chi connectivity index (χ1) is 8.49. The van der Waals surface area contributed by atoms with Gasteiger partial charge in [-0.2, -0.15) is 0 Å². The number of benzene rings is 1. The van der Waals surface area contributed by atoms with Crippen molar-refractivity contribution >= 4 is 17.6 Å². The number of hydrogen-bond donors (Lipinski definition) is 1. The topological polar surface area (TPSA) is 57.6 Å². The van der Waals surface area contributed by atoms with Crippen LogP contribution in [0.5, 0.6) is 0 Å². The van der Waals surface area contributed by atoms with Crippen LogP contribution in [0, 0.1) is 5.92 Å². The molecule has 4 nitrogen and oxygen atoms in total. The third-order valence-electron chi connectivity index (χ3n) is 3.35. The van der Waals surface area contributed by atoms with Gasteiger partial charge in [-0.1, -0.05) is 26.0 Å². The second-order valence-corrected chi connectivity index (χ2v) is 4.99. The van der Waals surface area contributed by atoms with Crippen LogP contribution in [0.2, 0.25) is 0 Å². The van der Waals surface area contributed by atoms with E-state index in [-0.39, 0.29) is 18.9 Å². The smallest absolute Gasteiger partial charge is 0.308 e. The highest BCUT2D eigenvalue weighted by molar-refractivity contribution is 5.99. The summed E-state index contributed by atoms with van der Waals surface area (Å²) in [5.41, 5.74) is 1.99. The van der Waals surface area contributed by atoms with E-state index in [1.807, 2.05) is 24.3 Å². The largest absolute Gasteiger partial charge is 0.481 e. The summed E-state index contributed by atoms with van der Waals surface area (Å²) < 4.78 is 0. The van der Waals surface area contributed by atoms with Gasteiger partial charge in [0, 0.05) is 18.7 Å². The summed E-state index contributed by atoms with van der Waals surface area (Å²) in [5.74, 6) is -1.15. The number of carboxylic acid groups (broad SMARTS) is 1. The van der Waals surface area contributed by atoms with Crippen molar-refractivity contribution in [1.29, 1.82) is 0 Å². The Hall–Kier alpha value is -1.84. The molecule has 4 heteroatoms. The van der Waals surface area contributed by atoms with Gasteiger partial charge in [-0.15, -0.1) is 0 Å². The Morgan fingerprint density at radius 1 is 1.33 bits per heavy atom. The molecule has 0 unspecified atom stereocenters. The van der Waals surface area contributed by atoms with Crippen molar-refractivity contribution in [1.82, 2.24) is 0 Å². The number of hydrogen-bond acceptors (Lipinski definition) is 2. The van der Waals surface area contributed by atoms with Crippen molar-refractivity contribution < 1.29 is 14.7 Å². The van der Waals surface area contributed by atoms with Gasteiger partial charge in [0.25, 0.3) is 0 Å². The Balaban J connectivity index is 2.17. The molecule has 1 aromatic rings. The summed E-state index contributed by atoms with van der Waals surface area (Å²) in [5, 5.41) is 8.93. The minimum absolute atomic E-state index is 0.0985. The fraction of sp³-hybridized carbons (Fsp3) is 0.429. The Morgan fingerprint density at radius 2 is 1.94 bits per heavy atom. The number of aliphatic carboxylic acids is 1. The van der Waals surface area contributed by atoms with E-state index in [9.17, 15) is 9.59 Å². The molecule has 0 aliphatic carbocycles. The van der Waals surface area contributed by atoms with Gasteiger partial charge in [0.05, 0.1) is 5.92 Å². The Bertz CT molecular complexity index is 464. The van der Waals surface area contributed by atoms with Crippen LogP contribution in [0.15, 0.2) is 24.3 Å². The molecule has 18 heavy (non-hydrogen) atoms. The van der Waals surface area contributed by atoms with E-state index in [4.69, 9.17) is 5.11 Å². The van der Waals surface area contributed by atoms with Gasteiger partial charge in [0.1, 0.15) is 0 Å². The van der Waals surface area contributed by atoms with Crippen LogP contribution in [0.1, 0.15) is 31.7 Å². The lowest BCUT2D eigenvalue weighted by atomic mass is 10.0. The maximum atomic E-state index is 11.8. The van der Waals surface area contributed by atoms with E-state index >= 15 is 0 Å². The summed E-state index contributed by atoms with van der Waals surface area (Å²) in [6.45, 7) is 4.49. The van der Waals surface area contributed by atoms with E-state index in [0.29, 0.717) is 5.92 Å². The molecular formula is C14H17NO3. The third kappa shape index (κ3) is 2.37. The minimum Gasteiger partial charge on any atom is -0.481 e. The Labute approximate surface area is 106 Å². The monoisotopic (exact) mass is 247 g/mol. The molecule has 1 aliphatic heterocycles. The molecule has 1 amide bonds. The van der Waals surface area contributed by atoms with Gasteiger partial charge in [0.15, 0.2) is 0 Å². The van der Waals surface area contributed by atoms with Crippen LogP contribution in [0.3, 0.4) is 0 Å². The van der Waals surface area contributed by atoms with E-state index in [0.717, 1.165) is 5.69 Å². The maximum Gasteiger partial charge on any atom is 0.308 e. The first-order valence-corrected chi connectivity index (χ1v) is 6.12. The van der Waals surface area contributed by atoms with E-state index in [1.54, 1.807) is 4.90 Å². The quantitative estimate of drug-likeness (QED) is 0.891. The summed E-state index contributed by atoms with van der Waals surface area (Å²) >= 11 is 0. The second-order valence-electron chi connectivity index (χ2n) is 4.99. The molecule has 1 atom stereocenters. The van der Waals surface area contributed by atoms with Crippen molar-refractivity contribution in [2.45, 2.75) is 26.2 Å². The third-order valence-corrected chi connectivity index (χ3v) is 3.35. The van der Waals surface area contributed by atoms with Crippen LogP contribution in [0.4, 0.5) is 5.69 Å². The fourth-order valence-corrected chi connectivity index (χ4v) is 2.16. The Kier molecular flexibility index (Phi) is 3.36. The van der Waals surface area contributed by atoms with Crippen LogP contribution < -0.4 is 4.90 Å². The van der Waals surface area contributed by atoms with Gasteiger partial charge >= 0.3 is 5.97 Å².